The number of nitrogens with zero attached hydrogens (tertiary/aromatic N) is 1. The Bertz CT molecular complexity index is 1200. The molecule has 4 aromatic rings. The number of benzene rings is 2. The molecular formula is C21H17N3O3S. The van der Waals surface area contributed by atoms with Gasteiger partial charge in [-0.15, -0.1) is 11.3 Å². The van der Waals surface area contributed by atoms with E-state index in [1.54, 1.807) is 0 Å². The van der Waals surface area contributed by atoms with Gasteiger partial charge >= 0.3 is 0 Å². The van der Waals surface area contributed by atoms with Gasteiger partial charge in [-0.05, 0) is 23.3 Å². The minimum atomic E-state index is -0.106. The Morgan fingerprint density at radius 2 is 1.93 bits per heavy atom. The van der Waals surface area contributed by atoms with Gasteiger partial charge in [-0.2, -0.15) is 0 Å². The van der Waals surface area contributed by atoms with E-state index in [-0.39, 0.29) is 12.4 Å². The number of ether oxygens (including phenoxy) is 2. The molecule has 0 atom stereocenters. The number of hydrogen-bond acceptors (Lipinski definition) is 6. The molecule has 0 radical (unpaired) electrons. The highest BCUT2D eigenvalue weighted by molar-refractivity contribution is 7.17. The summed E-state index contributed by atoms with van der Waals surface area (Å²) < 4.78 is 10.7. The zero-order valence-corrected chi connectivity index (χ0v) is 15.7. The van der Waals surface area contributed by atoms with Gasteiger partial charge in [-0.1, -0.05) is 36.4 Å². The van der Waals surface area contributed by atoms with Crippen LogP contribution in [-0.4, -0.2) is 16.8 Å². The monoisotopic (exact) mass is 391 g/mol. The van der Waals surface area contributed by atoms with Crippen molar-refractivity contribution in [2.24, 2.45) is 0 Å². The third-order valence-corrected chi connectivity index (χ3v) is 5.51. The Balaban J connectivity index is 1.34. The molecule has 0 aliphatic carbocycles. The maximum atomic E-state index is 12.7. The van der Waals surface area contributed by atoms with Gasteiger partial charge in [0.05, 0.1) is 11.9 Å². The third-order valence-electron chi connectivity index (χ3n) is 4.64. The van der Waals surface area contributed by atoms with Gasteiger partial charge in [-0.25, -0.2) is 4.98 Å². The fourth-order valence-corrected chi connectivity index (χ4v) is 4.25. The fourth-order valence-electron chi connectivity index (χ4n) is 3.28. The van der Waals surface area contributed by atoms with Gasteiger partial charge < -0.3 is 19.8 Å². The summed E-state index contributed by atoms with van der Waals surface area (Å²) in [6.45, 7) is 1.37. The topological polar surface area (TPSA) is 76.2 Å². The molecule has 0 saturated carbocycles. The Morgan fingerprint density at radius 1 is 1.07 bits per heavy atom. The highest BCUT2D eigenvalue weighted by Gasteiger charge is 2.14. The lowest BCUT2D eigenvalue weighted by Gasteiger charge is -2.06. The quantitative estimate of drug-likeness (QED) is 0.543. The first-order valence-corrected chi connectivity index (χ1v) is 9.81. The van der Waals surface area contributed by atoms with E-state index in [1.807, 2.05) is 53.9 Å². The Morgan fingerprint density at radius 3 is 2.82 bits per heavy atom. The second kappa shape index (κ2) is 7.10. The molecular weight excluding hydrogens is 374 g/mol. The SMILES string of the molecule is O=c1[nH]c(CNCc2ccc3c(c2)OCO3)nc2scc(-c3ccccc3)c12. The summed E-state index contributed by atoms with van der Waals surface area (Å²) in [5.74, 6) is 2.16. The summed E-state index contributed by atoms with van der Waals surface area (Å²) in [5.41, 5.74) is 2.92. The average molecular weight is 391 g/mol. The van der Waals surface area contributed by atoms with E-state index >= 15 is 0 Å². The minimum absolute atomic E-state index is 0.106. The lowest BCUT2D eigenvalue weighted by atomic mass is 10.1. The van der Waals surface area contributed by atoms with Crippen molar-refractivity contribution < 1.29 is 9.47 Å². The highest BCUT2D eigenvalue weighted by Crippen LogP contribution is 2.32. The van der Waals surface area contributed by atoms with Crippen LogP contribution in [0.3, 0.4) is 0 Å². The van der Waals surface area contributed by atoms with E-state index < -0.39 is 0 Å². The molecule has 2 aromatic carbocycles. The molecule has 5 rings (SSSR count). The predicted octanol–water partition coefficient (Wildman–Crippen LogP) is 3.67. The number of nitrogens with one attached hydrogen (secondary N) is 2. The molecule has 2 N–H and O–H groups in total. The molecule has 0 unspecified atom stereocenters. The van der Waals surface area contributed by atoms with Crippen molar-refractivity contribution in [2.75, 3.05) is 6.79 Å². The summed E-state index contributed by atoms with van der Waals surface area (Å²) in [4.78, 5) is 21.0. The number of hydrogen-bond donors (Lipinski definition) is 2. The average Bonchev–Trinajstić information content (AvgIpc) is 3.35. The molecule has 2 aromatic heterocycles. The van der Waals surface area contributed by atoms with Crippen LogP contribution < -0.4 is 20.3 Å². The first-order valence-electron chi connectivity index (χ1n) is 8.93. The standard InChI is InChI=1S/C21H17N3O3S/c25-20-19-15(14-4-2-1-3-5-14)11-28-21(19)24-18(23-20)10-22-9-13-6-7-16-17(8-13)27-12-26-16/h1-8,11,22H,9-10,12H2,(H,23,24,25). The molecule has 1 aliphatic heterocycles. The number of H-pyrrole nitrogens is 1. The molecule has 7 heteroatoms. The molecule has 0 bridgehead atoms. The Hall–Kier alpha value is -3.16. The number of fused-ring (bicyclic) bond motifs is 2. The van der Waals surface area contributed by atoms with Crippen molar-refractivity contribution in [1.82, 2.24) is 15.3 Å². The first-order chi connectivity index (χ1) is 13.8. The van der Waals surface area contributed by atoms with Crippen molar-refractivity contribution in [2.45, 2.75) is 13.1 Å². The van der Waals surface area contributed by atoms with Gasteiger partial charge in [0, 0.05) is 17.5 Å². The summed E-state index contributed by atoms with van der Waals surface area (Å²) in [6, 6.07) is 15.8. The lowest BCUT2D eigenvalue weighted by molar-refractivity contribution is 0.174. The Labute approximate surface area is 164 Å². The summed E-state index contributed by atoms with van der Waals surface area (Å²) >= 11 is 1.49. The molecule has 28 heavy (non-hydrogen) atoms. The van der Waals surface area contributed by atoms with Crippen LogP contribution >= 0.6 is 11.3 Å². The van der Waals surface area contributed by atoms with E-state index in [2.05, 4.69) is 15.3 Å². The summed E-state index contributed by atoms with van der Waals surface area (Å²) in [7, 11) is 0. The maximum absolute atomic E-state index is 12.7. The zero-order valence-electron chi connectivity index (χ0n) is 14.9. The second-order valence-electron chi connectivity index (χ2n) is 6.50. The molecule has 0 fully saturated rings. The van der Waals surface area contributed by atoms with Crippen molar-refractivity contribution in [1.29, 1.82) is 0 Å². The van der Waals surface area contributed by atoms with Crippen LogP contribution in [-0.2, 0) is 13.1 Å². The Kier molecular flexibility index (Phi) is 4.31. The molecule has 0 saturated heterocycles. The molecule has 3 heterocycles. The van der Waals surface area contributed by atoms with Crippen LogP contribution in [0.1, 0.15) is 11.4 Å². The third kappa shape index (κ3) is 3.15. The number of aromatic nitrogens is 2. The normalized spacial score (nSPS) is 12.6. The summed E-state index contributed by atoms with van der Waals surface area (Å²) in [5, 5.41) is 5.96. The van der Waals surface area contributed by atoms with Crippen LogP contribution in [0.2, 0.25) is 0 Å². The molecule has 0 spiro atoms. The van der Waals surface area contributed by atoms with Crippen molar-refractivity contribution in [3.05, 3.63) is 75.7 Å². The first kappa shape index (κ1) is 17.0. The van der Waals surface area contributed by atoms with Gasteiger partial charge in [0.1, 0.15) is 10.7 Å². The van der Waals surface area contributed by atoms with E-state index in [1.165, 1.54) is 11.3 Å². The molecule has 6 nitrogen and oxygen atoms in total. The van der Waals surface area contributed by atoms with Crippen LogP contribution in [0.4, 0.5) is 0 Å². The minimum Gasteiger partial charge on any atom is -0.454 e. The van der Waals surface area contributed by atoms with Gasteiger partial charge in [0.15, 0.2) is 11.5 Å². The second-order valence-corrected chi connectivity index (χ2v) is 7.36. The number of rotatable bonds is 5. The van der Waals surface area contributed by atoms with Crippen molar-refractivity contribution in [3.8, 4) is 22.6 Å². The van der Waals surface area contributed by atoms with E-state index in [0.717, 1.165) is 33.0 Å². The van der Waals surface area contributed by atoms with Gasteiger partial charge in [0.2, 0.25) is 6.79 Å². The van der Waals surface area contributed by atoms with Gasteiger partial charge in [0.25, 0.3) is 5.56 Å². The predicted molar refractivity (Wildman–Crippen MR) is 109 cm³/mol. The van der Waals surface area contributed by atoms with E-state index in [0.29, 0.717) is 24.3 Å². The fraction of sp³-hybridized carbons (Fsp3) is 0.143. The van der Waals surface area contributed by atoms with E-state index in [4.69, 9.17) is 9.47 Å². The van der Waals surface area contributed by atoms with Crippen molar-refractivity contribution in [3.63, 3.8) is 0 Å². The molecule has 1 aliphatic rings. The lowest BCUT2D eigenvalue weighted by Crippen LogP contribution is -2.19. The maximum Gasteiger partial charge on any atom is 0.260 e. The van der Waals surface area contributed by atoms with Crippen LogP contribution in [0.5, 0.6) is 11.5 Å². The number of aromatic amines is 1. The van der Waals surface area contributed by atoms with Crippen LogP contribution in [0.15, 0.2) is 58.7 Å². The largest absolute Gasteiger partial charge is 0.454 e. The van der Waals surface area contributed by atoms with Crippen molar-refractivity contribution >= 4 is 21.6 Å². The molecule has 140 valence electrons. The molecule has 0 amide bonds. The summed E-state index contributed by atoms with van der Waals surface area (Å²) in [6.07, 6.45) is 0. The van der Waals surface area contributed by atoms with Gasteiger partial charge in [-0.3, -0.25) is 4.79 Å². The van der Waals surface area contributed by atoms with Crippen LogP contribution in [0, 0.1) is 0 Å². The smallest absolute Gasteiger partial charge is 0.260 e. The number of thiophene rings is 1. The zero-order chi connectivity index (χ0) is 18.9. The van der Waals surface area contributed by atoms with Crippen LogP contribution in [0.25, 0.3) is 21.3 Å². The highest BCUT2D eigenvalue weighted by atomic mass is 32.1. The van der Waals surface area contributed by atoms with E-state index in [9.17, 15) is 4.79 Å².